The van der Waals surface area contributed by atoms with Crippen LogP contribution in [0.1, 0.15) is 31.5 Å². The zero-order chi connectivity index (χ0) is 18.2. The van der Waals surface area contributed by atoms with Gasteiger partial charge in [-0.1, -0.05) is 0 Å². The van der Waals surface area contributed by atoms with Crippen molar-refractivity contribution in [2.45, 2.75) is 32.6 Å². The molecule has 0 bridgehead atoms. The second-order valence-corrected chi connectivity index (χ2v) is 6.68. The molecule has 26 heavy (non-hydrogen) atoms. The van der Waals surface area contributed by atoms with Gasteiger partial charge in [-0.3, -0.25) is 0 Å². The van der Waals surface area contributed by atoms with Gasteiger partial charge in [-0.15, -0.1) is 0 Å². The molecule has 2 N–H and O–H groups in total. The molecule has 0 unspecified atom stereocenters. The van der Waals surface area contributed by atoms with Crippen molar-refractivity contribution >= 4 is 23.0 Å². The van der Waals surface area contributed by atoms with Crippen LogP contribution in [0, 0.1) is 6.92 Å². The van der Waals surface area contributed by atoms with Gasteiger partial charge < -0.3 is 20.3 Å². The summed E-state index contributed by atoms with van der Waals surface area (Å²) in [6.45, 7) is 5.80. The molecule has 1 aromatic heterocycles. The number of ether oxygens (including phenoxy) is 1. The molecule has 1 aliphatic heterocycles. The Morgan fingerprint density at radius 2 is 1.77 bits per heavy atom. The van der Waals surface area contributed by atoms with Crippen LogP contribution in [-0.2, 0) is 4.74 Å². The predicted molar refractivity (Wildman–Crippen MR) is 108 cm³/mol. The first-order valence-corrected chi connectivity index (χ1v) is 9.45. The molecular formula is C20H29N5O. The molecule has 3 rings (SSSR count). The number of benzene rings is 1. The maximum Gasteiger partial charge on any atom is 0.136 e. The van der Waals surface area contributed by atoms with Crippen LogP contribution in [0.15, 0.2) is 30.3 Å². The minimum absolute atomic E-state index is 0.742. The Kier molecular flexibility index (Phi) is 6.66. The topological polar surface area (TPSA) is 62.3 Å². The van der Waals surface area contributed by atoms with E-state index in [2.05, 4.69) is 49.8 Å². The van der Waals surface area contributed by atoms with E-state index in [1.807, 2.05) is 13.0 Å². The Labute approximate surface area is 156 Å². The van der Waals surface area contributed by atoms with Crippen LogP contribution in [0.4, 0.5) is 23.0 Å². The van der Waals surface area contributed by atoms with E-state index in [0.717, 1.165) is 55.8 Å². The molecule has 2 aromatic rings. The smallest absolute Gasteiger partial charge is 0.136 e. The third-order valence-corrected chi connectivity index (χ3v) is 4.53. The van der Waals surface area contributed by atoms with Crippen molar-refractivity contribution in [3.63, 3.8) is 0 Å². The lowest BCUT2D eigenvalue weighted by atomic mass is 10.1. The monoisotopic (exact) mass is 355 g/mol. The Bertz CT molecular complexity index is 683. The summed E-state index contributed by atoms with van der Waals surface area (Å²) in [5.74, 6) is 2.38. The van der Waals surface area contributed by atoms with E-state index >= 15 is 0 Å². The van der Waals surface area contributed by atoms with Crippen molar-refractivity contribution in [3.8, 4) is 0 Å². The SMILES string of the molecule is COCCCNc1cc(Nc2ccc(N3CCCCC3)cc2)nc(C)n1. The summed E-state index contributed by atoms with van der Waals surface area (Å²) in [7, 11) is 1.72. The molecule has 6 heteroatoms. The first-order valence-electron chi connectivity index (χ1n) is 9.45. The number of anilines is 4. The molecule has 1 saturated heterocycles. The minimum Gasteiger partial charge on any atom is -0.385 e. The first kappa shape index (κ1) is 18.5. The highest BCUT2D eigenvalue weighted by atomic mass is 16.5. The molecule has 0 radical (unpaired) electrons. The van der Waals surface area contributed by atoms with Crippen LogP contribution >= 0.6 is 0 Å². The molecule has 140 valence electrons. The van der Waals surface area contributed by atoms with Gasteiger partial charge in [0.15, 0.2) is 0 Å². The third-order valence-electron chi connectivity index (χ3n) is 4.53. The van der Waals surface area contributed by atoms with Crippen LogP contribution in [-0.4, -0.2) is 43.3 Å². The van der Waals surface area contributed by atoms with Crippen LogP contribution in [0.5, 0.6) is 0 Å². The normalized spacial score (nSPS) is 14.3. The maximum atomic E-state index is 5.07. The predicted octanol–water partition coefficient (Wildman–Crippen LogP) is 3.97. The molecule has 1 fully saturated rings. The van der Waals surface area contributed by atoms with E-state index in [-0.39, 0.29) is 0 Å². The number of methoxy groups -OCH3 is 1. The van der Waals surface area contributed by atoms with E-state index in [1.54, 1.807) is 7.11 Å². The molecule has 0 saturated carbocycles. The standard InChI is InChI=1S/C20H29N5O/c1-16-22-19(21-11-6-14-26-2)15-20(23-16)24-17-7-9-18(10-8-17)25-12-4-3-5-13-25/h7-10,15H,3-6,11-14H2,1-2H3,(H2,21,22,23,24). The van der Waals surface area contributed by atoms with Gasteiger partial charge in [0.25, 0.3) is 0 Å². The molecule has 1 aromatic carbocycles. The fourth-order valence-electron chi connectivity index (χ4n) is 3.21. The average Bonchev–Trinajstić information content (AvgIpc) is 2.66. The minimum atomic E-state index is 0.742. The molecule has 6 nitrogen and oxygen atoms in total. The van der Waals surface area contributed by atoms with Crippen LogP contribution < -0.4 is 15.5 Å². The van der Waals surface area contributed by atoms with Gasteiger partial charge in [0.05, 0.1) is 0 Å². The highest BCUT2D eigenvalue weighted by molar-refractivity contribution is 5.62. The number of aromatic nitrogens is 2. The maximum absolute atomic E-state index is 5.07. The largest absolute Gasteiger partial charge is 0.385 e. The molecule has 0 aliphatic carbocycles. The Balaban J connectivity index is 1.61. The van der Waals surface area contributed by atoms with E-state index in [9.17, 15) is 0 Å². The highest BCUT2D eigenvalue weighted by Gasteiger charge is 2.10. The number of hydrogen-bond acceptors (Lipinski definition) is 6. The Morgan fingerprint density at radius 3 is 2.50 bits per heavy atom. The van der Waals surface area contributed by atoms with Crippen LogP contribution in [0.25, 0.3) is 0 Å². The van der Waals surface area contributed by atoms with Gasteiger partial charge >= 0.3 is 0 Å². The molecular weight excluding hydrogens is 326 g/mol. The summed E-state index contributed by atoms with van der Waals surface area (Å²) in [6, 6.07) is 10.6. The van der Waals surface area contributed by atoms with Crippen molar-refractivity contribution in [1.82, 2.24) is 9.97 Å². The summed E-state index contributed by atoms with van der Waals surface area (Å²) < 4.78 is 5.07. The highest BCUT2D eigenvalue weighted by Crippen LogP contribution is 2.23. The van der Waals surface area contributed by atoms with Gasteiger partial charge in [-0.2, -0.15) is 0 Å². The van der Waals surface area contributed by atoms with Crippen molar-refractivity contribution in [1.29, 1.82) is 0 Å². The van der Waals surface area contributed by atoms with Crippen molar-refractivity contribution in [2.24, 2.45) is 0 Å². The van der Waals surface area contributed by atoms with Gasteiger partial charge in [0.1, 0.15) is 17.5 Å². The zero-order valence-corrected chi connectivity index (χ0v) is 15.8. The molecule has 0 amide bonds. The Hall–Kier alpha value is -2.34. The van der Waals surface area contributed by atoms with Gasteiger partial charge in [0.2, 0.25) is 0 Å². The van der Waals surface area contributed by atoms with Gasteiger partial charge in [0, 0.05) is 50.8 Å². The van der Waals surface area contributed by atoms with Gasteiger partial charge in [-0.05, 0) is 56.9 Å². The van der Waals surface area contributed by atoms with E-state index in [0.29, 0.717) is 0 Å². The number of hydrogen-bond donors (Lipinski definition) is 2. The zero-order valence-electron chi connectivity index (χ0n) is 15.8. The van der Waals surface area contributed by atoms with E-state index < -0.39 is 0 Å². The fraction of sp³-hybridized carbons (Fsp3) is 0.500. The average molecular weight is 355 g/mol. The van der Waals surface area contributed by atoms with Crippen molar-refractivity contribution in [3.05, 3.63) is 36.2 Å². The number of piperidine rings is 1. The van der Waals surface area contributed by atoms with E-state index in [1.165, 1.54) is 24.9 Å². The second kappa shape index (κ2) is 9.38. The fourth-order valence-corrected chi connectivity index (χ4v) is 3.21. The lowest BCUT2D eigenvalue weighted by molar-refractivity contribution is 0.198. The number of nitrogens with one attached hydrogen (secondary N) is 2. The summed E-state index contributed by atoms with van der Waals surface area (Å²) in [5, 5.41) is 6.70. The third kappa shape index (κ3) is 5.33. The van der Waals surface area contributed by atoms with Gasteiger partial charge in [-0.25, -0.2) is 9.97 Å². The van der Waals surface area contributed by atoms with Crippen LogP contribution in [0.2, 0.25) is 0 Å². The molecule has 2 heterocycles. The summed E-state index contributed by atoms with van der Waals surface area (Å²) >= 11 is 0. The summed E-state index contributed by atoms with van der Waals surface area (Å²) in [6.07, 6.45) is 4.88. The molecule has 0 spiro atoms. The number of aryl methyl sites for hydroxylation is 1. The lowest BCUT2D eigenvalue weighted by Crippen LogP contribution is -2.29. The van der Waals surface area contributed by atoms with Crippen molar-refractivity contribution in [2.75, 3.05) is 48.9 Å². The summed E-state index contributed by atoms with van der Waals surface area (Å²) in [5.41, 5.74) is 2.34. The lowest BCUT2D eigenvalue weighted by Gasteiger charge is -2.28. The number of rotatable bonds is 8. The number of nitrogens with zero attached hydrogens (tertiary/aromatic N) is 3. The Morgan fingerprint density at radius 1 is 1.04 bits per heavy atom. The second-order valence-electron chi connectivity index (χ2n) is 6.68. The first-order chi connectivity index (χ1) is 12.7. The summed E-state index contributed by atoms with van der Waals surface area (Å²) in [4.78, 5) is 11.4. The quantitative estimate of drug-likeness (QED) is 0.699. The molecule has 0 atom stereocenters. The van der Waals surface area contributed by atoms with E-state index in [4.69, 9.17) is 4.74 Å². The molecule has 1 aliphatic rings. The van der Waals surface area contributed by atoms with Crippen LogP contribution in [0.3, 0.4) is 0 Å². The van der Waals surface area contributed by atoms with Crippen molar-refractivity contribution < 1.29 is 4.74 Å².